The number of ether oxygens (including phenoxy) is 1. The van der Waals surface area contributed by atoms with Gasteiger partial charge in [-0.05, 0) is 56.1 Å². The molecule has 5 nitrogen and oxygen atoms in total. The predicted octanol–water partition coefficient (Wildman–Crippen LogP) is 5.17. The molecule has 5 heteroatoms. The van der Waals surface area contributed by atoms with Gasteiger partial charge in [0.05, 0.1) is 24.4 Å². The van der Waals surface area contributed by atoms with Crippen LogP contribution in [0, 0.1) is 12.3 Å². The molecule has 2 N–H and O–H groups in total. The minimum atomic E-state index is -0.791. The Morgan fingerprint density at radius 1 is 1.39 bits per heavy atom. The lowest BCUT2D eigenvalue weighted by Crippen LogP contribution is -2.29. The number of hydrogen-bond acceptors (Lipinski definition) is 5. The van der Waals surface area contributed by atoms with Crippen molar-refractivity contribution in [1.29, 1.82) is 0 Å². The smallest absolute Gasteiger partial charge is 0.338 e. The van der Waals surface area contributed by atoms with E-state index in [2.05, 4.69) is 34.3 Å². The maximum atomic E-state index is 12.0. The van der Waals surface area contributed by atoms with E-state index in [4.69, 9.17) is 9.72 Å². The molecule has 31 heavy (non-hydrogen) atoms. The number of fused-ring (bicyclic) bond motifs is 1. The van der Waals surface area contributed by atoms with Crippen LogP contribution in [-0.2, 0) is 16.0 Å². The first-order valence-corrected chi connectivity index (χ1v) is 11.1. The summed E-state index contributed by atoms with van der Waals surface area (Å²) < 4.78 is 5.05. The molecular weight excluding hydrogens is 390 g/mol. The van der Waals surface area contributed by atoms with Gasteiger partial charge in [0.15, 0.2) is 0 Å². The second-order valence-corrected chi connectivity index (χ2v) is 9.34. The zero-order valence-corrected chi connectivity index (χ0v) is 19.7. The minimum Gasteiger partial charge on any atom is -0.462 e. The van der Waals surface area contributed by atoms with Crippen molar-refractivity contribution in [2.45, 2.75) is 78.9 Å². The summed E-state index contributed by atoms with van der Waals surface area (Å²) in [5, 5.41) is 21.9. The number of allylic oxidation sites excluding steroid dienone is 2. The SMILES string of the molecule is C=C/C=C(\C=C/CC(O)c1c(C(C)C)nc2c(c1C)C(O)CC(C)(C)C2)C(=O)OCC. The lowest BCUT2D eigenvalue weighted by atomic mass is 9.72. The van der Waals surface area contributed by atoms with Crippen molar-refractivity contribution in [3.63, 3.8) is 0 Å². The molecule has 2 unspecified atom stereocenters. The molecule has 1 heterocycles. The molecule has 0 saturated carbocycles. The molecule has 2 atom stereocenters. The van der Waals surface area contributed by atoms with Gasteiger partial charge in [0.2, 0.25) is 0 Å². The van der Waals surface area contributed by atoms with Gasteiger partial charge in [0.25, 0.3) is 0 Å². The van der Waals surface area contributed by atoms with Crippen molar-refractivity contribution in [1.82, 2.24) is 4.98 Å². The van der Waals surface area contributed by atoms with Gasteiger partial charge < -0.3 is 14.9 Å². The van der Waals surface area contributed by atoms with Gasteiger partial charge in [-0.3, -0.25) is 4.98 Å². The second kappa shape index (κ2) is 10.4. The fourth-order valence-corrected chi connectivity index (χ4v) is 4.38. The summed E-state index contributed by atoms with van der Waals surface area (Å²) in [5.74, 6) is -0.288. The van der Waals surface area contributed by atoms with Crippen LogP contribution in [0.5, 0.6) is 0 Å². The summed E-state index contributed by atoms with van der Waals surface area (Å²) in [4.78, 5) is 17.0. The van der Waals surface area contributed by atoms with E-state index in [1.807, 2.05) is 6.92 Å². The third-order valence-corrected chi connectivity index (χ3v) is 5.72. The van der Waals surface area contributed by atoms with Crippen LogP contribution in [-0.4, -0.2) is 27.8 Å². The largest absolute Gasteiger partial charge is 0.462 e. The minimum absolute atomic E-state index is 0.00996. The van der Waals surface area contributed by atoms with Crippen LogP contribution in [0.25, 0.3) is 0 Å². The monoisotopic (exact) mass is 427 g/mol. The van der Waals surface area contributed by atoms with Crippen molar-refractivity contribution >= 4 is 5.97 Å². The van der Waals surface area contributed by atoms with Crippen LogP contribution < -0.4 is 0 Å². The summed E-state index contributed by atoms with van der Waals surface area (Å²) >= 11 is 0. The van der Waals surface area contributed by atoms with Gasteiger partial charge >= 0.3 is 5.97 Å². The normalized spacial score (nSPS) is 19.4. The molecule has 0 saturated heterocycles. The number of esters is 1. The molecule has 0 fully saturated rings. The van der Waals surface area contributed by atoms with Crippen LogP contribution >= 0.6 is 0 Å². The van der Waals surface area contributed by atoms with Crippen LogP contribution in [0.4, 0.5) is 0 Å². The Labute approximate surface area is 186 Å². The van der Waals surface area contributed by atoms with Crippen LogP contribution in [0.3, 0.4) is 0 Å². The molecule has 0 radical (unpaired) electrons. The van der Waals surface area contributed by atoms with Crippen molar-refractivity contribution in [3.05, 3.63) is 64.5 Å². The van der Waals surface area contributed by atoms with Crippen molar-refractivity contribution in [3.8, 4) is 0 Å². The number of carbonyl (C=O) groups is 1. The number of carbonyl (C=O) groups excluding carboxylic acids is 1. The van der Waals surface area contributed by atoms with Crippen molar-refractivity contribution in [2.24, 2.45) is 5.41 Å². The Kier molecular flexibility index (Phi) is 8.38. The Morgan fingerprint density at radius 3 is 2.65 bits per heavy atom. The first-order chi connectivity index (χ1) is 14.5. The predicted molar refractivity (Wildman–Crippen MR) is 124 cm³/mol. The van der Waals surface area contributed by atoms with E-state index in [9.17, 15) is 15.0 Å². The third kappa shape index (κ3) is 5.92. The number of aliphatic hydroxyl groups excluding tert-OH is 2. The Hall–Kier alpha value is -2.24. The molecule has 170 valence electrons. The van der Waals surface area contributed by atoms with Crippen LogP contribution in [0.1, 0.15) is 93.7 Å². The Morgan fingerprint density at radius 2 is 2.06 bits per heavy atom. The number of aromatic nitrogens is 1. The molecule has 0 bridgehead atoms. The number of rotatable bonds is 8. The van der Waals surface area contributed by atoms with Gasteiger partial charge in [-0.1, -0.05) is 52.5 Å². The van der Waals surface area contributed by atoms with E-state index in [1.54, 1.807) is 25.2 Å². The highest BCUT2D eigenvalue weighted by atomic mass is 16.5. The fraction of sp³-hybridized carbons (Fsp3) is 0.538. The Balaban J connectivity index is 2.39. The highest BCUT2D eigenvalue weighted by Crippen LogP contribution is 2.44. The van der Waals surface area contributed by atoms with Crippen LogP contribution in [0.15, 0.2) is 36.5 Å². The maximum Gasteiger partial charge on any atom is 0.338 e. The average Bonchev–Trinajstić information content (AvgIpc) is 2.65. The first kappa shape index (κ1) is 25.0. The van der Waals surface area contributed by atoms with Crippen molar-refractivity contribution < 1.29 is 19.7 Å². The molecule has 2 rings (SSSR count). The molecule has 0 aromatic carbocycles. The zero-order valence-electron chi connectivity index (χ0n) is 19.7. The number of hydrogen-bond donors (Lipinski definition) is 2. The molecule has 1 aliphatic rings. The third-order valence-electron chi connectivity index (χ3n) is 5.72. The summed E-state index contributed by atoms with van der Waals surface area (Å²) in [7, 11) is 0. The summed E-state index contributed by atoms with van der Waals surface area (Å²) in [5.41, 5.74) is 4.74. The Bertz CT molecular complexity index is 880. The van der Waals surface area contributed by atoms with E-state index in [1.165, 1.54) is 6.08 Å². The quantitative estimate of drug-likeness (QED) is 0.340. The summed E-state index contributed by atoms with van der Waals surface area (Å²) in [6.45, 7) is 16.1. The van der Waals surface area contributed by atoms with Gasteiger partial charge in [0, 0.05) is 22.5 Å². The van der Waals surface area contributed by atoms with Gasteiger partial charge in [-0.25, -0.2) is 4.79 Å². The first-order valence-electron chi connectivity index (χ1n) is 11.1. The molecule has 1 aromatic heterocycles. The van der Waals surface area contributed by atoms with E-state index >= 15 is 0 Å². The highest BCUT2D eigenvalue weighted by molar-refractivity contribution is 5.91. The van der Waals surface area contributed by atoms with E-state index in [0.717, 1.165) is 34.5 Å². The number of aliphatic hydroxyl groups is 2. The van der Waals surface area contributed by atoms with Gasteiger partial charge in [0.1, 0.15) is 0 Å². The second-order valence-electron chi connectivity index (χ2n) is 9.34. The van der Waals surface area contributed by atoms with E-state index in [0.29, 0.717) is 25.0 Å². The molecule has 0 spiro atoms. The number of pyridine rings is 1. The number of nitrogens with zero attached hydrogens (tertiary/aromatic N) is 1. The van der Waals surface area contributed by atoms with Gasteiger partial charge in [-0.15, -0.1) is 0 Å². The van der Waals surface area contributed by atoms with E-state index in [-0.39, 0.29) is 11.3 Å². The standard InChI is InChI=1S/C26H37NO4/c1-8-11-18(25(30)31-9-2)12-10-13-20(28)23-17(5)22-19(27-24(23)16(3)4)14-26(6,7)15-21(22)29/h8,10-12,16,20-21,28-29H,1,9,13-15H2,2-7H3/b12-10-,18-11+. The fourth-order valence-electron chi connectivity index (χ4n) is 4.38. The molecule has 1 aliphatic carbocycles. The molecule has 1 aromatic rings. The summed E-state index contributed by atoms with van der Waals surface area (Å²) in [6, 6.07) is 0. The molecular formula is C26H37NO4. The van der Waals surface area contributed by atoms with Crippen molar-refractivity contribution in [2.75, 3.05) is 6.61 Å². The zero-order chi connectivity index (χ0) is 23.3. The molecule has 0 amide bonds. The van der Waals surface area contributed by atoms with Crippen LogP contribution in [0.2, 0.25) is 0 Å². The lowest BCUT2D eigenvalue weighted by molar-refractivity contribution is -0.138. The highest BCUT2D eigenvalue weighted by Gasteiger charge is 2.35. The van der Waals surface area contributed by atoms with E-state index < -0.39 is 18.2 Å². The topological polar surface area (TPSA) is 79.7 Å². The van der Waals surface area contributed by atoms with Gasteiger partial charge in [-0.2, -0.15) is 0 Å². The molecule has 0 aliphatic heterocycles. The average molecular weight is 428 g/mol. The maximum absolute atomic E-state index is 12.0. The lowest BCUT2D eigenvalue weighted by Gasteiger charge is -2.36. The summed E-state index contributed by atoms with van der Waals surface area (Å²) in [6.07, 6.45) is 6.96.